The SMILES string of the molecule is N#CC(C#N)CC1CC(=O)N1. The zero-order valence-electron chi connectivity index (χ0n) is 5.87. The molecule has 0 aromatic heterocycles. The van der Waals surface area contributed by atoms with Gasteiger partial charge in [-0.3, -0.25) is 4.79 Å². The lowest BCUT2D eigenvalue weighted by atomic mass is 9.95. The van der Waals surface area contributed by atoms with Crippen LogP contribution in [0.5, 0.6) is 0 Å². The average molecular weight is 149 g/mol. The van der Waals surface area contributed by atoms with Gasteiger partial charge in [0.25, 0.3) is 0 Å². The molecule has 1 atom stereocenters. The molecule has 0 spiro atoms. The molecular formula is C7H7N3O. The van der Waals surface area contributed by atoms with Crippen LogP contribution in [-0.2, 0) is 4.79 Å². The predicted octanol–water partition coefficient (Wildman–Crippen LogP) is -0.0716. The molecule has 1 rings (SSSR count). The van der Waals surface area contributed by atoms with Crippen molar-refractivity contribution in [1.82, 2.24) is 5.32 Å². The summed E-state index contributed by atoms with van der Waals surface area (Å²) in [4.78, 5) is 10.4. The van der Waals surface area contributed by atoms with Crippen molar-refractivity contribution in [2.75, 3.05) is 0 Å². The van der Waals surface area contributed by atoms with Crippen LogP contribution in [0.3, 0.4) is 0 Å². The van der Waals surface area contributed by atoms with Crippen LogP contribution in [-0.4, -0.2) is 11.9 Å². The van der Waals surface area contributed by atoms with Crippen molar-refractivity contribution in [2.45, 2.75) is 18.9 Å². The molecule has 56 valence electrons. The maximum absolute atomic E-state index is 10.4. The number of hydrogen-bond donors (Lipinski definition) is 1. The number of nitrogens with one attached hydrogen (secondary N) is 1. The highest BCUT2D eigenvalue weighted by atomic mass is 16.2. The van der Waals surface area contributed by atoms with Crippen LogP contribution in [0.15, 0.2) is 0 Å². The van der Waals surface area contributed by atoms with E-state index in [0.29, 0.717) is 12.8 Å². The largest absolute Gasteiger partial charge is 0.353 e. The summed E-state index contributed by atoms with van der Waals surface area (Å²) in [5.41, 5.74) is 0. The number of carbonyl (C=O) groups is 1. The van der Waals surface area contributed by atoms with E-state index in [1.165, 1.54) is 0 Å². The standard InChI is InChI=1S/C7H7N3O/c8-3-5(4-9)1-6-2-7(11)10-6/h5-6H,1-2H2,(H,10,11). The molecule has 1 saturated heterocycles. The minimum Gasteiger partial charge on any atom is -0.353 e. The van der Waals surface area contributed by atoms with Crippen molar-refractivity contribution < 1.29 is 4.79 Å². The summed E-state index contributed by atoms with van der Waals surface area (Å²) in [5.74, 6) is -0.578. The second-order valence-corrected chi connectivity index (χ2v) is 2.52. The summed E-state index contributed by atoms with van der Waals surface area (Å²) >= 11 is 0. The molecule has 0 aromatic rings. The molecule has 4 heteroatoms. The first kappa shape index (κ1) is 7.56. The van der Waals surface area contributed by atoms with Crippen LogP contribution in [0.4, 0.5) is 0 Å². The zero-order valence-corrected chi connectivity index (χ0v) is 5.87. The number of carbonyl (C=O) groups excluding carboxylic acids is 1. The Bertz CT molecular complexity index is 225. The molecule has 1 amide bonds. The highest BCUT2D eigenvalue weighted by molar-refractivity contribution is 5.82. The molecule has 1 fully saturated rings. The van der Waals surface area contributed by atoms with Gasteiger partial charge in [-0.05, 0) is 6.42 Å². The lowest BCUT2D eigenvalue weighted by Gasteiger charge is -2.26. The monoisotopic (exact) mass is 149 g/mol. The summed E-state index contributed by atoms with van der Waals surface area (Å²) in [6.07, 6.45) is 0.915. The normalized spacial score (nSPS) is 21.4. The Morgan fingerprint density at radius 1 is 1.64 bits per heavy atom. The molecule has 0 saturated carbocycles. The average Bonchev–Trinajstić information content (AvgIpc) is 1.96. The molecule has 1 N–H and O–H groups in total. The Kier molecular flexibility index (Phi) is 2.08. The van der Waals surface area contributed by atoms with E-state index in [4.69, 9.17) is 10.5 Å². The van der Waals surface area contributed by atoms with E-state index < -0.39 is 5.92 Å². The smallest absolute Gasteiger partial charge is 0.222 e. The maximum atomic E-state index is 10.4. The van der Waals surface area contributed by atoms with E-state index in [-0.39, 0.29) is 11.9 Å². The molecule has 0 radical (unpaired) electrons. The van der Waals surface area contributed by atoms with Gasteiger partial charge in [0.2, 0.25) is 5.91 Å². The lowest BCUT2D eigenvalue weighted by molar-refractivity contribution is -0.128. The molecule has 1 heterocycles. The van der Waals surface area contributed by atoms with Crippen LogP contribution < -0.4 is 5.32 Å². The highest BCUT2D eigenvalue weighted by Gasteiger charge is 2.27. The second kappa shape index (κ2) is 3.03. The lowest BCUT2D eigenvalue weighted by Crippen LogP contribution is -2.49. The summed E-state index contributed by atoms with van der Waals surface area (Å²) in [6.45, 7) is 0. The first-order valence-corrected chi connectivity index (χ1v) is 3.35. The van der Waals surface area contributed by atoms with E-state index in [1.54, 1.807) is 0 Å². The van der Waals surface area contributed by atoms with Gasteiger partial charge in [-0.2, -0.15) is 10.5 Å². The third-order valence-corrected chi connectivity index (χ3v) is 1.63. The molecule has 1 unspecified atom stereocenters. The number of nitriles is 2. The molecule has 0 aromatic carbocycles. The molecule has 4 nitrogen and oxygen atoms in total. The van der Waals surface area contributed by atoms with Crippen molar-refractivity contribution in [2.24, 2.45) is 5.92 Å². The van der Waals surface area contributed by atoms with Crippen molar-refractivity contribution in [3.05, 3.63) is 0 Å². The van der Waals surface area contributed by atoms with Crippen LogP contribution in [0, 0.1) is 28.6 Å². The van der Waals surface area contributed by atoms with Crippen LogP contribution in [0.25, 0.3) is 0 Å². The van der Waals surface area contributed by atoms with E-state index in [1.807, 2.05) is 12.1 Å². The topological polar surface area (TPSA) is 76.7 Å². The molecule has 1 aliphatic heterocycles. The number of hydrogen-bond acceptors (Lipinski definition) is 3. The molecular weight excluding hydrogens is 142 g/mol. The van der Waals surface area contributed by atoms with Gasteiger partial charge in [-0.25, -0.2) is 0 Å². The Hall–Kier alpha value is -1.55. The number of amides is 1. The van der Waals surface area contributed by atoms with Crippen LogP contribution in [0.1, 0.15) is 12.8 Å². The Balaban J connectivity index is 2.28. The summed E-state index contributed by atoms with van der Waals surface area (Å²) in [6, 6.07) is 3.75. The zero-order chi connectivity index (χ0) is 8.27. The van der Waals surface area contributed by atoms with Crippen molar-refractivity contribution in [1.29, 1.82) is 10.5 Å². The van der Waals surface area contributed by atoms with Gasteiger partial charge in [0.15, 0.2) is 0 Å². The Morgan fingerprint density at radius 2 is 2.18 bits per heavy atom. The molecule has 11 heavy (non-hydrogen) atoms. The first-order chi connectivity index (χ1) is 5.26. The number of β-lactam (4-membered cyclic amide) rings is 1. The summed E-state index contributed by atoms with van der Waals surface area (Å²) < 4.78 is 0. The minimum absolute atomic E-state index is 0.00429. The maximum Gasteiger partial charge on any atom is 0.222 e. The quantitative estimate of drug-likeness (QED) is 0.558. The molecule has 0 bridgehead atoms. The fourth-order valence-corrected chi connectivity index (χ4v) is 0.991. The van der Waals surface area contributed by atoms with E-state index in [0.717, 1.165) is 0 Å². The van der Waals surface area contributed by atoms with Gasteiger partial charge >= 0.3 is 0 Å². The number of rotatable bonds is 2. The Morgan fingerprint density at radius 3 is 2.55 bits per heavy atom. The van der Waals surface area contributed by atoms with Crippen molar-refractivity contribution in [3.63, 3.8) is 0 Å². The fraction of sp³-hybridized carbons (Fsp3) is 0.571. The van der Waals surface area contributed by atoms with Crippen LogP contribution >= 0.6 is 0 Å². The van der Waals surface area contributed by atoms with Gasteiger partial charge in [0.1, 0.15) is 5.92 Å². The van der Waals surface area contributed by atoms with Gasteiger partial charge in [-0.15, -0.1) is 0 Å². The van der Waals surface area contributed by atoms with Gasteiger partial charge in [0, 0.05) is 12.5 Å². The van der Waals surface area contributed by atoms with Crippen LogP contribution in [0.2, 0.25) is 0 Å². The summed E-state index contributed by atoms with van der Waals surface area (Å²) in [5, 5.41) is 19.4. The van der Waals surface area contributed by atoms with E-state index in [9.17, 15) is 4.79 Å². The number of nitrogens with zero attached hydrogens (tertiary/aromatic N) is 2. The molecule has 1 aliphatic rings. The third-order valence-electron chi connectivity index (χ3n) is 1.63. The predicted molar refractivity (Wildman–Crippen MR) is 35.9 cm³/mol. The Labute approximate surface area is 64.4 Å². The third kappa shape index (κ3) is 1.68. The molecule has 0 aliphatic carbocycles. The van der Waals surface area contributed by atoms with E-state index >= 15 is 0 Å². The minimum atomic E-state index is -0.583. The summed E-state index contributed by atoms with van der Waals surface area (Å²) in [7, 11) is 0. The van der Waals surface area contributed by atoms with Gasteiger partial charge in [-0.1, -0.05) is 0 Å². The van der Waals surface area contributed by atoms with Crippen molar-refractivity contribution in [3.8, 4) is 12.1 Å². The second-order valence-electron chi connectivity index (χ2n) is 2.52. The fourth-order valence-electron chi connectivity index (χ4n) is 0.991. The van der Waals surface area contributed by atoms with Gasteiger partial charge in [0.05, 0.1) is 12.1 Å². The van der Waals surface area contributed by atoms with Gasteiger partial charge < -0.3 is 5.32 Å². The van der Waals surface area contributed by atoms with Crippen molar-refractivity contribution >= 4 is 5.91 Å². The first-order valence-electron chi connectivity index (χ1n) is 3.35. The highest BCUT2D eigenvalue weighted by Crippen LogP contribution is 2.13. The van der Waals surface area contributed by atoms with E-state index in [2.05, 4.69) is 5.32 Å².